The van der Waals surface area contributed by atoms with E-state index in [1.54, 1.807) is 31.4 Å². The van der Waals surface area contributed by atoms with Gasteiger partial charge in [0.2, 0.25) is 11.8 Å². The van der Waals surface area contributed by atoms with Crippen molar-refractivity contribution in [1.29, 1.82) is 0 Å². The number of imide groups is 2. The highest BCUT2D eigenvalue weighted by atomic mass is 16.5. The van der Waals surface area contributed by atoms with Gasteiger partial charge in [0, 0.05) is 55.9 Å². The van der Waals surface area contributed by atoms with Crippen molar-refractivity contribution in [1.82, 2.24) is 34.8 Å². The summed E-state index contributed by atoms with van der Waals surface area (Å²) in [5.41, 5.74) is 2.99. The van der Waals surface area contributed by atoms with Crippen molar-refractivity contribution in [3.8, 4) is 11.5 Å². The fourth-order valence-corrected chi connectivity index (χ4v) is 8.34. The van der Waals surface area contributed by atoms with Gasteiger partial charge < -0.3 is 19.7 Å². The molecule has 0 aliphatic carbocycles. The minimum Gasteiger partial charge on any atom is -0.494 e. The van der Waals surface area contributed by atoms with Crippen molar-refractivity contribution in [2.45, 2.75) is 57.5 Å². The van der Waals surface area contributed by atoms with Crippen LogP contribution in [0.3, 0.4) is 0 Å². The summed E-state index contributed by atoms with van der Waals surface area (Å²) < 4.78 is 13.7. The maximum Gasteiger partial charge on any atom is 0.274 e. The lowest BCUT2D eigenvalue weighted by molar-refractivity contribution is -0.136. The third kappa shape index (κ3) is 7.73. The van der Waals surface area contributed by atoms with E-state index >= 15 is 0 Å². The van der Waals surface area contributed by atoms with Crippen LogP contribution >= 0.6 is 0 Å². The highest BCUT2D eigenvalue weighted by molar-refractivity contribution is 6.23. The van der Waals surface area contributed by atoms with Gasteiger partial charge in [0.25, 0.3) is 17.7 Å². The molecule has 1 unspecified atom stereocenters. The third-order valence-corrected chi connectivity index (χ3v) is 11.5. The van der Waals surface area contributed by atoms with Gasteiger partial charge in [-0.25, -0.2) is 4.98 Å². The second kappa shape index (κ2) is 15.8. The van der Waals surface area contributed by atoms with Gasteiger partial charge in [-0.1, -0.05) is 6.07 Å². The van der Waals surface area contributed by atoms with Crippen molar-refractivity contribution >= 4 is 46.1 Å². The summed E-state index contributed by atoms with van der Waals surface area (Å²) in [7, 11) is 1.59. The molecule has 292 valence electrons. The minimum atomic E-state index is -0.991. The number of nitrogens with zero attached hydrogens (tertiary/aromatic N) is 6. The lowest BCUT2D eigenvalue weighted by Crippen LogP contribution is -2.54. The van der Waals surface area contributed by atoms with Gasteiger partial charge in [-0.15, -0.1) is 0 Å². The van der Waals surface area contributed by atoms with Crippen LogP contribution in [0.25, 0.3) is 10.9 Å². The Morgan fingerprint density at radius 2 is 1.68 bits per heavy atom. The largest absolute Gasteiger partial charge is 0.494 e. The maximum atomic E-state index is 13.1. The fraction of sp³-hybridized carbons (Fsp3) is 0.439. The lowest BCUT2D eigenvalue weighted by atomic mass is 9.94. The van der Waals surface area contributed by atoms with Crippen LogP contribution < -0.4 is 20.1 Å². The van der Waals surface area contributed by atoms with Crippen molar-refractivity contribution in [3.63, 3.8) is 0 Å². The number of anilines is 1. The van der Waals surface area contributed by atoms with Crippen molar-refractivity contribution < 1.29 is 33.4 Å². The number of piperidine rings is 3. The van der Waals surface area contributed by atoms with Gasteiger partial charge in [0.1, 0.15) is 29.8 Å². The topological polar surface area (TPSA) is 168 Å². The van der Waals surface area contributed by atoms with Crippen LogP contribution in [0.4, 0.5) is 5.69 Å². The molecule has 3 saturated heterocycles. The molecule has 0 radical (unpaired) electrons. The average molecular weight is 763 g/mol. The first-order chi connectivity index (χ1) is 27.1. The molecule has 3 fully saturated rings. The Bertz CT molecular complexity index is 2190. The molecule has 4 aliphatic rings. The van der Waals surface area contributed by atoms with Gasteiger partial charge in [0.05, 0.1) is 35.5 Å². The van der Waals surface area contributed by atoms with E-state index in [-0.39, 0.29) is 29.9 Å². The molecule has 0 saturated carbocycles. The first-order valence-electron chi connectivity index (χ1n) is 19.4. The number of hydrogen-bond acceptors (Lipinski definition) is 11. The van der Waals surface area contributed by atoms with E-state index < -0.39 is 29.7 Å². The molecule has 15 nitrogen and oxygen atoms in total. The Balaban J connectivity index is 0.774. The molecule has 1 atom stereocenters. The lowest BCUT2D eigenvalue weighted by Gasteiger charge is -2.37. The number of carbonyl (C=O) groups excluding carboxylic acids is 5. The van der Waals surface area contributed by atoms with Crippen LogP contribution in [0.2, 0.25) is 0 Å². The first-order valence-corrected chi connectivity index (χ1v) is 19.4. The minimum absolute atomic E-state index is 0.0803. The number of nitrogens with one attached hydrogen (secondary N) is 2. The van der Waals surface area contributed by atoms with Gasteiger partial charge in [0.15, 0.2) is 0 Å². The Hall–Kier alpha value is -5.67. The average Bonchev–Trinajstić information content (AvgIpc) is 3.72. The molecule has 5 amide bonds. The fourth-order valence-electron chi connectivity index (χ4n) is 8.34. The van der Waals surface area contributed by atoms with Crippen LogP contribution in [-0.4, -0.2) is 118 Å². The molecule has 0 bridgehead atoms. The number of amides is 5. The van der Waals surface area contributed by atoms with Crippen molar-refractivity contribution in [2.75, 3.05) is 58.3 Å². The number of pyridine rings is 1. The van der Waals surface area contributed by atoms with Gasteiger partial charge in [-0.3, -0.25) is 43.8 Å². The van der Waals surface area contributed by atoms with Gasteiger partial charge in [-0.05, 0) is 94.4 Å². The summed E-state index contributed by atoms with van der Waals surface area (Å²) in [5, 5.41) is 11.0. The number of likely N-dealkylation sites (tertiary alicyclic amines) is 2. The van der Waals surface area contributed by atoms with E-state index in [0.29, 0.717) is 41.4 Å². The molecule has 2 aromatic carbocycles. The number of methoxy groups -OCH3 is 1. The summed E-state index contributed by atoms with van der Waals surface area (Å²) >= 11 is 0. The standard InChI is InChI=1S/C41H46N8O7/c1-25-4-3-5-32(42-25)38(51)43-34-20-27-24-48(45-33(27)22-36(34)55-2)28-12-16-47(17-13-28)23-26-10-14-46(15-11-26)18-19-56-29-6-7-30-31(21-29)41(54)49(40(30)53)35-8-9-37(50)44-39(35)52/h3-7,20-22,24,26,28,35H,8-19,23H2,1-2H3,(H,43,51)(H,44,50,52). The molecular weight excluding hydrogens is 716 g/mol. The van der Waals surface area contributed by atoms with Crippen LogP contribution in [0.15, 0.2) is 54.7 Å². The van der Waals surface area contributed by atoms with Crippen molar-refractivity contribution in [3.05, 3.63) is 77.2 Å². The van der Waals surface area contributed by atoms with Crippen molar-refractivity contribution in [2.24, 2.45) is 5.92 Å². The smallest absolute Gasteiger partial charge is 0.274 e. The summed E-state index contributed by atoms with van der Waals surface area (Å²) in [6.07, 6.45) is 6.54. The maximum absolute atomic E-state index is 13.1. The molecular formula is C41H46N8O7. The highest BCUT2D eigenvalue weighted by Gasteiger charge is 2.44. The van der Waals surface area contributed by atoms with E-state index in [2.05, 4.69) is 36.3 Å². The number of aryl methyl sites for hydroxylation is 1. The summed E-state index contributed by atoms with van der Waals surface area (Å²) in [6.45, 7) is 8.18. The molecule has 4 aromatic rings. The molecule has 2 N–H and O–H groups in total. The van der Waals surface area contributed by atoms with Crippen LogP contribution in [0.5, 0.6) is 11.5 Å². The molecule has 15 heteroatoms. The molecule has 0 spiro atoms. The Morgan fingerprint density at radius 1 is 0.911 bits per heavy atom. The quantitative estimate of drug-likeness (QED) is 0.213. The van der Waals surface area contributed by atoms with E-state index in [4.69, 9.17) is 14.6 Å². The Labute approximate surface area is 324 Å². The van der Waals surface area contributed by atoms with E-state index in [9.17, 15) is 24.0 Å². The monoisotopic (exact) mass is 762 g/mol. The molecule has 8 rings (SSSR count). The molecule has 6 heterocycles. The number of fused-ring (bicyclic) bond motifs is 2. The second-order valence-electron chi connectivity index (χ2n) is 15.2. The number of hydrogen-bond donors (Lipinski definition) is 2. The number of carbonyl (C=O) groups is 5. The number of aromatic nitrogens is 3. The van der Waals surface area contributed by atoms with Crippen LogP contribution in [-0.2, 0) is 9.59 Å². The summed E-state index contributed by atoms with van der Waals surface area (Å²) in [6, 6.07) is 13.3. The van der Waals surface area contributed by atoms with Gasteiger partial charge in [-0.2, -0.15) is 5.10 Å². The second-order valence-corrected chi connectivity index (χ2v) is 15.2. The first kappa shape index (κ1) is 37.3. The number of ether oxygens (including phenoxy) is 2. The van der Waals surface area contributed by atoms with Crippen LogP contribution in [0, 0.1) is 12.8 Å². The van der Waals surface area contributed by atoms with Crippen LogP contribution in [0.1, 0.15) is 81.5 Å². The zero-order chi connectivity index (χ0) is 38.9. The predicted molar refractivity (Wildman–Crippen MR) is 206 cm³/mol. The summed E-state index contributed by atoms with van der Waals surface area (Å²) in [5.74, 6) is -0.695. The number of benzene rings is 2. The Morgan fingerprint density at radius 3 is 2.43 bits per heavy atom. The van der Waals surface area contributed by atoms with E-state index in [1.807, 2.05) is 31.2 Å². The zero-order valence-corrected chi connectivity index (χ0v) is 31.7. The predicted octanol–water partition coefficient (Wildman–Crippen LogP) is 3.83. The van der Waals surface area contributed by atoms with E-state index in [0.717, 1.165) is 86.4 Å². The SMILES string of the molecule is COc1cc2nn(C3CCN(CC4CCN(CCOc5ccc6c(c5)C(=O)N(C5CCC(=O)NC5=O)C6=O)CC4)CC3)cc2cc1NC(=O)c1cccc(C)n1. The Kier molecular flexibility index (Phi) is 10.5. The number of rotatable bonds is 11. The van der Waals surface area contributed by atoms with Gasteiger partial charge >= 0.3 is 0 Å². The third-order valence-electron chi connectivity index (χ3n) is 11.5. The summed E-state index contributed by atoms with van der Waals surface area (Å²) in [4.78, 5) is 73.2. The van der Waals surface area contributed by atoms with E-state index in [1.165, 1.54) is 0 Å². The molecule has 4 aliphatic heterocycles. The zero-order valence-electron chi connectivity index (χ0n) is 31.7. The molecule has 2 aromatic heterocycles. The highest BCUT2D eigenvalue weighted by Crippen LogP contribution is 2.33. The molecule has 56 heavy (non-hydrogen) atoms. The normalized spacial score (nSPS) is 20.0.